The molecule has 0 aromatic heterocycles. The van der Waals surface area contributed by atoms with Gasteiger partial charge in [-0.1, -0.05) is 36.8 Å². The average molecular weight is 244 g/mol. The zero-order valence-electron chi connectivity index (χ0n) is 10.7. The summed E-state index contributed by atoms with van der Waals surface area (Å²) in [5.41, 5.74) is 1.61. The van der Waals surface area contributed by atoms with E-state index in [1.807, 2.05) is 30.3 Å². The molecule has 0 aliphatic heterocycles. The molecular weight excluding hydrogens is 224 g/mol. The van der Waals surface area contributed by atoms with Crippen molar-refractivity contribution in [1.82, 2.24) is 0 Å². The van der Waals surface area contributed by atoms with Gasteiger partial charge in [0.25, 0.3) is 0 Å². The van der Waals surface area contributed by atoms with E-state index < -0.39 is 0 Å². The fraction of sp³-hybridized carbons (Fsp3) is 0.562. The van der Waals surface area contributed by atoms with Gasteiger partial charge < -0.3 is 4.74 Å². The monoisotopic (exact) mass is 244 g/mol. The van der Waals surface area contributed by atoms with E-state index in [0.29, 0.717) is 12.0 Å². The Morgan fingerprint density at radius 2 is 2.00 bits per heavy atom. The predicted molar refractivity (Wildman–Crippen MR) is 69.9 cm³/mol. The first-order chi connectivity index (χ1) is 8.77. The SMILES string of the molecule is O=C(OCc1ccccc1)C1CCCC2(CC2)C1. The molecule has 18 heavy (non-hydrogen) atoms. The zero-order valence-corrected chi connectivity index (χ0v) is 10.7. The lowest BCUT2D eigenvalue weighted by Gasteiger charge is -2.27. The second-order valence-electron chi connectivity index (χ2n) is 5.89. The van der Waals surface area contributed by atoms with Crippen molar-refractivity contribution in [3.8, 4) is 0 Å². The summed E-state index contributed by atoms with van der Waals surface area (Å²) in [5, 5.41) is 0. The van der Waals surface area contributed by atoms with Gasteiger partial charge in [0.2, 0.25) is 0 Å². The molecule has 2 aliphatic carbocycles. The lowest BCUT2D eigenvalue weighted by molar-refractivity contribution is -0.151. The summed E-state index contributed by atoms with van der Waals surface area (Å²) in [6.45, 7) is 0.420. The van der Waals surface area contributed by atoms with Gasteiger partial charge in [-0.25, -0.2) is 0 Å². The van der Waals surface area contributed by atoms with Gasteiger partial charge in [-0.2, -0.15) is 0 Å². The number of esters is 1. The fourth-order valence-electron chi connectivity index (χ4n) is 3.13. The molecule has 1 aromatic carbocycles. The molecule has 2 aliphatic rings. The summed E-state index contributed by atoms with van der Waals surface area (Å²) in [6, 6.07) is 9.92. The van der Waals surface area contributed by atoms with E-state index in [2.05, 4.69) is 0 Å². The highest BCUT2D eigenvalue weighted by Gasteiger charge is 2.47. The van der Waals surface area contributed by atoms with Crippen LogP contribution in [0.3, 0.4) is 0 Å². The zero-order chi connectivity index (χ0) is 12.4. The van der Waals surface area contributed by atoms with E-state index in [9.17, 15) is 4.79 Å². The van der Waals surface area contributed by atoms with Crippen LogP contribution in [-0.4, -0.2) is 5.97 Å². The second kappa shape index (κ2) is 4.75. The Morgan fingerprint density at radius 3 is 2.72 bits per heavy atom. The highest BCUT2D eigenvalue weighted by atomic mass is 16.5. The Balaban J connectivity index is 1.52. The molecule has 0 N–H and O–H groups in total. The van der Waals surface area contributed by atoms with Crippen molar-refractivity contribution in [3.05, 3.63) is 35.9 Å². The molecule has 0 heterocycles. The summed E-state index contributed by atoms with van der Waals surface area (Å²) in [7, 11) is 0. The molecular formula is C16H20O2. The van der Waals surface area contributed by atoms with Crippen LogP contribution in [0, 0.1) is 11.3 Å². The summed E-state index contributed by atoms with van der Waals surface area (Å²) >= 11 is 0. The smallest absolute Gasteiger partial charge is 0.309 e. The van der Waals surface area contributed by atoms with Gasteiger partial charge in [0.1, 0.15) is 6.61 Å². The molecule has 2 saturated carbocycles. The Kier molecular flexibility index (Phi) is 3.11. The Morgan fingerprint density at radius 1 is 1.22 bits per heavy atom. The van der Waals surface area contributed by atoms with Crippen LogP contribution in [0.2, 0.25) is 0 Å². The second-order valence-corrected chi connectivity index (χ2v) is 5.89. The first-order valence-corrected chi connectivity index (χ1v) is 6.98. The number of benzene rings is 1. The first kappa shape index (κ1) is 11.8. The highest BCUT2D eigenvalue weighted by Crippen LogP contribution is 2.57. The third-order valence-electron chi connectivity index (χ3n) is 4.45. The third-order valence-corrected chi connectivity index (χ3v) is 4.45. The van der Waals surface area contributed by atoms with Gasteiger partial charge in [0.15, 0.2) is 0 Å². The molecule has 0 bridgehead atoms. The molecule has 1 atom stereocenters. The largest absolute Gasteiger partial charge is 0.461 e. The van der Waals surface area contributed by atoms with Gasteiger partial charge in [-0.15, -0.1) is 0 Å². The van der Waals surface area contributed by atoms with Crippen molar-refractivity contribution in [2.45, 2.75) is 45.1 Å². The number of carbonyl (C=O) groups is 1. The molecule has 1 aromatic rings. The minimum Gasteiger partial charge on any atom is -0.461 e. The Bertz CT molecular complexity index is 420. The third kappa shape index (κ3) is 2.58. The van der Waals surface area contributed by atoms with Gasteiger partial charge >= 0.3 is 5.97 Å². The van der Waals surface area contributed by atoms with Crippen molar-refractivity contribution >= 4 is 5.97 Å². The van der Waals surface area contributed by atoms with Crippen LogP contribution >= 0.6 is 0 Å². The normalized spacial score (nSPS) is 24.8. The van der Waals surface area contributed by atoms with E-state index in [-0.39, 0.29) is 11.9 Å². The van der Waals surface area contributed by atoms with Crippen molar-refractivity contribution in [2.24, 2.45) is 11.3 Å². The molecule has 2 fully saturated rings. The highest BCUT2D eigenvalue weighted by molar-refractivity contribution is 5.72. The van der Waals surface area contributed by atoms with Gasteiger partial charge in [-0.05, 0) is 43.1 Å². The summed E-state index contributed by atoms with van der Waals surface area (Å²) in [5.74, 6) is 0.176. The lowest BCUT2D eigenvalue weighted by Crippen LogP contribution is -2.25. The minimum absolute atomic E-state index is 0.0184. The quantitative estimate of drug-likeness (QED) is 0.758. The van der Waals surface area contributed by atoms with Crippen molar-refractivity contribution in [1.29, 1.82) is 0 Å². The molecule has 96 valence electrons. The van der Waals surface area contributed by atoms with Crippen molar-refractivity contribution < 1.29 is 9.53 Å². The molecule has 3 rings (SSSR count). The van der Waals surface area contributed by atoms with Crippen molar-refractivity contribution in [3.63, 3.8) is 0 Å². The van der Waals surface area contributed by atoms with Crippen LogP contribution in [0.5, 0.6) is 0 Å². The minimum atomic E-state index is 0.0184. The number of rotatable bonds is 3. The van der Waals surface area contributed by atoms with Crippen LogP contribution < -0.4 is 0 Å². The van der Waals surface area contributed by atoms with Gasteiger partial charge in [0.05, 0.1) is 5.92 Å². The lowest BCUT2D eigenvalue weighted by atomic mass is 9.79. The summed E-state index contributed by atoms with van der Waals surface area (Å²) in [4.78, 5) is 12.1. The fourth-order valence-corrected chi connectivity index (χ4v) is 3.13. The summed E-state index contributed by atoms with van der Waals surface area (Å²) in [6.07, 6.45) is 7.28. The van der Waals surface area contributed by atoms with E-state index in [4.69, 9.17) is 4.74 Å². The van der Waals surface area contributed by atoms with Crippen molar-refractivity contribution in [2.75, 3.05) is 0 Å². The first-order valence-electron chi connectivity index (χ1n) is 6.98. The van der Waals surface area contributed by atoms with E-state index in [0.717, 1.165) is 18.4 Å². The van der Waals surface area contributed by atoms with E-state index >= 15 is 0 Å². The van der Waals surface area contributed by atoms with E-state index in [1.54, 1.807) is 0 Å². The van der Waals surface area contributed by atoms with Gasteiger partial charge in [0, 0.05) is 0 Å². The number of hydrogen-bond donors (Lipinski definition) is 0. The maximum atomic E-state index is 12.1. The molecule has 1 unspecified atom stereocenters. The Labute approximate surface area is 108 Å². The van der Waals surface area contributed by atoms with Crippen LogP contribution in [0.1, 0.15) is 44.1 Å². The number of carbonyl (C=O) groups excluding carboxylic acids is 1. The van der Waals surface area contributed by atoms with Crippen LogP contribution in [0.15, 0.2) is 30.3 Å². The van der Waals surface area contributed by atoms with Gasteiger partial charge in [-0.3, -0.25) is 4.79 Å². The van der Waals surface area contributed by atoms with Crippen LogP contribution in [0.25, 0.3) is 0 Å². The molecule has 0 amide bonds. The molecule has 0 saturated heterocycles. The van der Waals surface area contributed by atoms with E-state index in [1.165, 1.54) is 25.7 Å². The number of ether oxygens (including phenoxy) is 1. The molecule has 1 spiro atoms. The molecule has 2 heteroatoms. The predicted octanol–water partition coefficient (Wildman–Crippen LogP) is 3.70. The van der Waals surface area contributed by atoms with Crippen LogP contribution in [-0.2, 0) is 16.1 Å². The molecule has 2 nitrogen and oxygen atoms in total. The Hall–Kier alpha value is -1.31. The number of hydrogen-bond acceptors (Lipinski definition) is 2. The summed E-state index contributed by atoms with van der Waals surface area (Å²) < 4.78 is 5.45. The molecule has 0 radical (unpaired) electrons. The average Bonchev–Trinajstić information content (AvgIpc) is 3.16. The standard InChI is InChI=1S/C16H20O2/c17-15(18-12-13-5-2-1-3-6-13)14-7-4-8-16(11-14)9-10-16/h1-3,5-6,14H,4,7-12H2. The van der Waals surface area contributed by atoms with Crippen LogP contribution in [0.4, 0.5) is 0 Å². The maximum absolute atomic E-state index is 12.1. The maximum Gasteiger partial charge on any atom is 0.309 e. The topological polar surface area (TPSA) is 26.3 Å².